The van der Waals surface area contributed by atoms with Gasteiger partial charge in [-0.1, -0.05) is 44.9 Å². The number of aliphatic imine (C=N–C) groups is 2. The van der Waals surface area contributed by atoms with Crippen LogP contribution in [0.3, 0.4) is 0 Å². The Bertz CT molecular complexity index is 1530. The Morgan fingerprint density at radius 1 is 0.714 bits per heavy atom. The number of carbonyl (C=O) groups is 1. The summed E-state index contributed by atoms with van der Waals surface area (Å²) in [4.78, 5) is 82.0. The zero-order valence-electron chi connectivity index (χ0n) is 28.6. The molecule has 0 saturated heterocycles. The van der Waals surface area contributed by atoms with Crippen molar-refractivity contribution in [2.75, 3.05) is 31.9 Å². The Balaban J connectivity index is 1.95. The number of nitrogens with zero attached hydrogens (tertiary/aromatic N) is 6. The monoisotopic (exact) mass is 711 g/mol. The highest BCUT2D eigenvalue weighted by Crippen LogP contribution is 2.23. The molecule has 49 heavy (non-hydrogen) atoms. The molecule has 0 spiro atoms. The van der Waals surface area contributed by atoms with Crippen LogP contribution in [0.2, 0.25) is 0 Å². The van der Waals surface area contributed by atoms with Crippen LogP contribution < -0.4 is 22.4 Å². The molecular formula is C32H53N7O9S. The summed E-state index contributed by atoms with van der Waals surface area (Å²) in [6, 6.07) is -0.205. The zero-order chi connectivity index (χ0) is 35.9. The van der Waals surface area contributed by atoms with E-state index in [-0.39, 0.29) is 44.7 Å². The van der Waals surface area contributed by atoms with Gasteiger partial charge in [-0.25, -0.2) is 52.5 Å². The average molecular weight is 712 g/mol. The first-order valence-electron chi connectivity index (χ1n) is 17.6. The molecule has 17 heteroatoms. The highest BCUT2D eigenvalue weighted by Gasteiger charge is 2.25. The molecule has 16 nitrogen and oxygen atoms in total. The molecule has 1 saturated carbocycles. The van der Waals surface area contributed by atoms with Gasteiger partial charge in [-0.2, -0.15) is 8.42 Å². The molecule has 0 bridgehead atoms. The Hall–Kier alpha value is -3.65. The van der Waals surface area contributed by atoms with Gasteiger partial charge in [0.1, 0.15) is 0 Å². The first-order valence-corrected chi connectivity index (χ1v) is 19.2. The Morgan fingerprint density at radius 3 is 1.63 bits per heavy atom. The molecule has 0 atom stereocenters. The van der Waals surface area contributed by atoms with Crippen LogP contribution in [-0.4, -0.2) is 87.7 Å². The molecule has 1 aromatic rings. The predicted molar refractivity (Wildman–Crippen MR) is 184 cm³/mol. The molecule has 1 aliphatic carbocycles. The van der Waals surface area contributed by atoms with E-state index in [0.717, 1.165) is 65.1 Å². The van der Waals surface area contributed by atoms with Crippen molar-refractivity contribution >= 4 is 28.3 Å². The third kappa shape index (κ3) is 16.1. The van der Waals surface area contributed by atoms with Crippen LogP contribution in [0.4, 0.5) is 4.79 Å². The lowest BCUT2D eigenvalue weighted by Crippen LogP contribution is -2.54. The second-order valence-corrected chi connectivity index (χ2v) is 14.1. The van der Waals surface area contributed by atoms with Crippen LogP contribution in [0.25, 0.3) is 0 Å². The normalized spacial score (nSPS) is 13.4. The molecule has 276 valence electrons. The molecule has 0 unspecified atom stereocenters. The van der Waals surface area contributed by atoms with Crippen molar-refractivity contribution in [2.45, 2.75) is 135 Å². The predicted octanol–water partition coefficient (Wildman–Crippen LogP) is 2.76. The van der Waals surface area contributed by atoms with Crippen LogP contribution >= 0.6 is 0 Å². The van der Waals surface area contributed by atoms with Gasteiger partial charge < -0.3 is 10.2 Å². The number of hydrogen-bond donors (Lipinski definition) is 2. The van der Waals surface area contributed by atoms with E-state index in [0.29, 0.717) is 71.0 Å². The standard InChI is InChI=1S/C32H53N7O9S/c40-26-33-18-9-1-3-12-21-37-30(43)38(32(45)39(31(37)44)23-14-6-10-19-34-27-41)22-13-4-2-11-20-35-29(42)36(24-15-25-49(46,47)48)28-16-7-5-8-17-28/h28H,1-25H2,(H,35,42)(H,46,47,48). The van der Waals surface area contributed by atoms with Gasteiger partial charge in [0, 0.05) is 38.8 Å². The number of rotatable bonds is 25. The van der Waals surface area contributed by atoms with E-state index >= 15 is 0 Å². The van der Waals surface area contributed by atoms with Crippen molar-refractivity contribution in [2.24, 2.45) is 9.98 Å². The van der Waals surface area contributed by atoms with Gasteiger partial charge in [-0.15, -0.1) is 0 Å². The summed E-state index contributed by atoms with van der Waals surface area (Å²) in [5.74, 6) is -0.396. The minimum absolute atomic E-state index is 0.0422. The van der Waals surface area contributed by atoms with Crippen LogP contribution in [0.15, 0.2) is 24.4 Å². The number of carbonyl (C=O) groups excluding carboxylic acids is 3. The van der Waals surface area contributed by atoms with Crippen molar-refractivity contribution in [3.05, 3.63) is 31.5 Å². The van der Waals surface area contributed by atoms with Gasteiger partial charge in [0.15, 0.2) is 0 Å². The van der Waals surface area contributed by atoms with Crippen LogP contribution in [0.1, 0.15) is 109 Å². The van der Waals surface area contributed by atoms with E-state index in [1.165, 1.54) is 12.2 Å². The molecular weight excluding hydrogens is 658 g/mol. The van der Waals surface area contributed by atoms with Crippen LogP contribution in [0.5, 0.6) is 0 Å². The number of nitrogens with one attached hydrogen (secondary N) is 1. The molecule has 2 N–H and O–H groups in total. The lowest BCUT2D eigenvalue weighted by atomic mass is 9.94. The molecule has 1 heterocycles. The first-order chi connectivity index (χ1) is 23.6. The Kier molecular flexibility index (Phi) is 20.0. The summed E-state index contributed by atoms with van der Waals surface area (Å²) in [6.45, 7) is 1.80. The topological polar surface area (TPSA) is 212 Å². The maximum absolute atomic E-state index is 13.3. The highest BCUT2D eigenvalue weighted by molar-refractivity contribution is 7.85. The Labute approximate surface area is 287 Å². The first kappa shape index (κ1) is 41.5. The van der Waals surface area contributed by atoms with Crippen molar-refractivity contribution in [3.63, 3.8) is 0 Å². The Morgan fingerprint density at radius 2 is 1.16 bits per heavy atom. The van der Waals surface area contributed by atoms with Gasteiger partial charge in [0.05, 0.1) is 18.8 Å². The maximum Gasteiger partial charge on any atom is 0.336 e. The third-order valence-corrected chi connectivity index (χ3v) is 9.53. The fourth-order valence-electron chi connectivity index (χ4n) is 6.10. The van der Waals surface area contributed by atoms with Crippen LogP contribution in [-0.2, 0) is 39.3 Å². The molecule has 0 radical (unpaired) electrons. The summed E-state index contributed by atoms with van der Waals surface area (Å²) >= 11 is 0. The number of amides is 2. The quantitative estimate of drug-likeness (QED) is 0.0660. The van der Waals surface area contributed by atoms with E-state index < -0.39 is 32.9 Å². The van der Waals surface area contributed by atoms with Crippen molar-refractivity contribution < 1.29 is 27.4 Å². The van der Waals surface area contributed by atoms with E-state index in [1.807, 2.05) is 0 Å². The maximum atomic E-state index is 13.3. The summed E-state index contributed by atoms with van der Waals surface area (Å²) in [7, 11) is -4.10. The van der Waals surface area contributed by atoms with Gasteiger partial charge in [0.25, 0.3) is 10.1 Å². The largest absolute Gasteiger partial charge is 0.338 e. The third-order valence-electron chi connectivity index (χ3n) is 8.73. The summed E-state index contributed by atoms with van der Waals surface area (Å²) in [5, 5.41) is 2.93. The fourth-order valence-corrected chi connectivity index (χ4v) is 6.60. The molecule has 1 aliphatic rings. The molecule has 1 fully saturated rings. The minimum Gasteiger partial charge on any atom is -0.338 e. The number of hydrogen-bond acceptors (Lipinski definition) is 10. The average Bonchev–Trinajstić information content (AvgIpc) is 3.07. The van der Waals surface area contributed by atoms with Crippen LogP contribution in [0, 0.1) is 0 Å². The second kappa shape index (κ2) is 23.7. The summed E-state index contributed by atoms with van der Waals surface area (Å²) < 4.78 is 34.8. The van der Waals surface area contributed by atoms with Gasteiger partial charge in [-0.05, 0) is 64.2 Å². The fraction of sp³-hybridized carbons (Fsp3) is 0.812. The molecule has 1 aromatic heterocycles. The van der Waals surface area contributed by atoms with Crippen molar-refractivity contribution in [1.29, 1.82) is 0 Å². The molecule has 0 aliphatic heterocycles. The minimum atomic E-state index is -4.10. The van der Waals surface area contributed by atoms with Crippen molar-refractivity contribution in [3.8, 4) is 0 Å². The smallest absolute Gasteiger partial charge is 0.336 e. The van der Waals surface area contributed by atoms with Gasteiger partial charge in [-0.3, -0.25) is 4.55 Å². The van der Waals surface area contributed by atoms with E-state index in [2.05, 4.69) is 15.3 Å². The van der Waals surface area contributed by atoms with Crippen molar-refractivity contribution in [1.82, 2.24) is 23.9 Å². The lowest BCUT2D eigenvalue weighted by molar-refractivity contribution is 0.155. The number of aromatic nitrogens is 3. The van der Waals surface area contributed by atoms with E-state index in [9.17, 15) is 37.2 Å². The zero-order valence-corrected chi connectivity index (χ0v) is 29.4. The summed E-state index contributed by atoms with van der Waals surface area (Å²) in [6.07, 6.45) is 15.1. The highest BCUT2D eigenvalue weighted by atomic mass is 32.2. The number of urea groups is 1. The molecule has 2 rings (SSSR count). The van der Waals surface area contributed by atoms with E-state index in [4.69, 9.17) is 4.55 Å². The number of isocyanates is 2. The van der Waals surface area contributed by atoms with Gasteiger partial charge >= 0.3 is 23.1 Å². The second-order valence-electron chi connectivity index (χ2n) is 12.5. The lowest BCUT2D eigenvalue weighted by Gasteiger charge is -2.34. The van der Waals surface area contributed by atoms with E-state index in [1.54, 1.807) is 4.90 Å². The molecule has 2 amide bonds. The SMILES string of the molecule is O=C=NCCCCCCn1c(=O)n(CCCCCCNC(=O)N(CCCS(=O)(=O)O)C2CCCCC2)c(=O)n(CCCCCN=C=O)c1=O. The number of unbranched alkanes of at least 4 members (excludes halogenated alkanes) is 8. The molecule has 0 aromatic carbocycles. The van der Waals surface area contributed by atoms with Gasteiger partial charge in [0.2, 0.25) is 12.2 Å². The summed E-state index contributed by atoms with van der Waals surface area (Å²) in [5.41, 5.74) is -1.92.